The molecule has 0 aromatic rings. The smallest absolute Gasteiger partial charge is 0.191 e. The van der Waals surface area contributed by atoms with Crippen molar-refractivity contribution in [2.24, 2.45) is 4.99 Å². The summed E-state index contributed by atoms with van der Waals surface area (Å²) in [6.07, 6.45) is 7.97. The van der Waals surface area contributed by atoms with E-state index >= 15 is 0 Å². The van der Waals surface area contributed by atoms with Crippen molar-refractivity contribution in [2.75, 3.05) is 52.5 Å². The molecule has 0 saturated carbocycles. The van der Waals surface area contributed by atoms with Gasteiger partial charge >= 0.3 is 0 Å². The highest BCUT2D eigenvalue weighted by atomic mass is 16.5. The van der Waals surface area contributed by atoms with Gasteiger partial charge in [-0.05, 0) is 59.2 Å². The molecule has 0 amide bonds. The lowest BCUT2D eigenvalue weighted by molar-refractivity contribution is 0.152. The number of ether oxygens (including phenoxy) is 1. The fourth-order valence-electron chi connectivity index (χ4n) is 2.73. The zero-order valence-corrected chi connectivity index (χ0v) is 14.7. The Balaban J connectivity index is 2.04. The van der Waals surface area contributed by atoms with E-state index in [4.69, 9.17) is 4.74 Å². The Kier molecular flexibility index (Phi) is 12.1. The summed E-state index contributed by atoms with van der Waals surface area (Å²) < 4.78 is 5.33. The van der Waals surface area contributed by atoms with Gasteiger partial charge in [-0.2, -0.15) is 0 Å². The summed E-state index contributed by atoms with van der Waals surface area (Å²) in [6, 6.07) is 0. The van der Waals surface area contributed by atoms with E-state index in [0.717, 1.165) is 38.8 Å². The van der Waals surface area contributed by atoms with E-state index in [1.807, 2.05) is 6.92 Å². The Hall–Kier alpha value is -0.810. The summed E-state index contributed by atoms with van der Waals surface area (Å²) in [6.45, 7) is 12.1. The molecule has 1 heterocycles. The van der Waals surface area contributed by atoms with Crippen molar-refractivity contribution in [3.63, 3.8) is 0 Å². The molecule has 5 nitrogen and oxygen atoms in total. The molecule has 22 heavy (non-hydrogen) atoms. The number of nitrogens with one attached hydrogen (secondary N) is 2. The van der Waals surface area contributed by atoms with Gasteiger partial charge < -0.3 is 20.3 Å². The number of hydrogen-bond donors (Lipinski definition) is 2. The molecule has 5 heteroatoms. The maximum Gasteiger partial charge on any atom is 0.191 e. The Morgan fingerprint density at radius 3 is 2.59 bits per heavy atom. The quantitative estimate of drug-likeness (QED) is 0.349. The van der Waals surface area contributed by atoms with Crippen LogP contribution in [0.4, 0.5) is 0 Å². The van der Waals surface area contributed by atoms with Crippen molar-refractivity contribution < 1.29 is 4.74 Å². The van der Waals surface area contributed by atoms with Crippen LogP contribution in [0.1, 0.15) is 52.4 Å². The Labute approximate surface area is 136 Å². The first-order valence-electron chi connectivity index (χ1n) is 9.19. The molecule has 1 aliphatic rings. The number of likely N-dealkylation sites (tertiary alicyclic amines) is 1. The van der Waals surface area contributed by atoms with Crippen molar-refractivity contribution >= 4 is 5.96 Å². The Morgan fingerprint density at radius 2 is 1.86 bits per heavy atom. The van der Waals surface area contributed by atoms with E-state index in [2.05, 4.69) is 27.4 Å². The number of rotatable bonds is 11. The summed E-state index contributed by atoms with van der Waals surface area (Å²) in [5.41, 5.74) is 0. The normalized spacial score (nSPS) is 16.7. The lowest BCUT2D eigenvalue weighted by atomic mass is 10.1. The van der Waals surface area contributed by atoms with E-state index in [9.17, 15) is 0 Å². The van der Waals surface area contributed by atoms with E-state index in [1.54, 1.807) is 0 Å². The van der Waals surface area contributed by atoms with Gasteiger partial charge in [0.1, 0.15) is 0 Å². The van der Waals surface area contributed by atoms with Crippen molar-refractivity contribution in [3.8, 4) is 0 Å². The molecule has 0 aliphatic carbocycles. The summed E-state index contributed by atoms with van der Waals surface area (Å²) in [5.74, 6) is 0.915. The minimum absolute atomic E-state index is 0.733. The molecule has 1 saturated heterocycles. The first kappa shape index (κ1) is 19.2. The van der Waals surface area contributed by atoms with Gasteiger partial charge in [-0.15, -0.1) is 0 Å². The number of unbranched alkanes of at least 4 members (excludes halogenated alkanes) is 2. The molecule has 1 aliphatic heterocycles. The maximum absolute atomic E-state index is 5.33. The van der Waals surface area contributed by atoms with Crippen molar-refractivity contribution in [2.45, 2.75) is 52.4 Å². The average molecular weight is 313 g/mol. The fraction of sp³-hybridized carbons (Fsp3) is 0.941. The summed E-state index contributed by atoms with van der Waals surface area (Å²) in [4.78, 5) is 7.24. The minimum Gasteiger partial charge on any atom is -0.380 e. The SMILES string of the molecule is CCNC(=NCCCCCN1CCCCC1)NCCOCC. The Bertz CT molecular complexity index is 278. The second-order valence-electron chi connectivity index (χ2n) is 5.85. The lowest BCUT2D eigenvalue weighted by Gasteiger charge is -2.26. The maximum atomic E-state index is 5.33. The molecular weight excluding hydrogens is 276 g/mol. The number of nitrogens with zero attached hydrogens (tertiary/aromatic N) is 2. The Morgan fingerprint density at radius 1 is 1.05 bits per heavy atom. The highest BCUT2D eigenvalue weighted by Gasteiger charge is 2.08. The molecule has 0 radical (unpaired) electrons. The topological polar surface area (TPSA) is 48.9 Å². The van der Waals surface area contributed by atoms with Crippen LogP contribution in [0.2, 0.25) is 0 Å². The first-order valence-corrected chi connectivity index (χ1v) is 9.19. The minimum atomic E-state index is 0.733. The van der Waals surface area contributed by atoms with E-state index < -0.39 is 0 Å². The van der Waals surface area contributed by atoms with Gasteiger partial charge in [0.15, 0.2) is 5.96 Å². The van der Waals surface area contributed by atoms with Crippen LogP contribution in [0.25, 0.3) is 0 Å². The molecule has 130 valence electrons. The standard InChI is InChI=1S/C17H36N4O/c1-3-18-17(20-12-16-22-4-2)19-11-7-5-8-13-21-14-9-6-10-15-21/h3-16H2,1-2H3,(H2,18,19,20). The second-order valence-corrected chi connectivity index (χ2v) is 5.85. The molecule has 0 unspecified atom stereocenters. The number of aliphatic imine (C=N–C) groups is 1. The summed E-state index contributed by atoms with van der Waals surface area (Å²) in [7, 11) is 0. The van der Waals surface area contributed by atoms with Crippen molar-refractivity contribution in [3.05, 3.63) is 0 Å². The van der Waals surface area contributed by atoms with Crippen molar-refractivity contribution in [1.29, 1.82) is 0 Å². The molecular formula is C17H36N4O. The first-order chi connectivity index (χ1) is 10.9. The molecule has 2 N–H and O–H groups in total. The average Bonchev–Trinajstić information content (AvgIpc) is 2.55. The molecule has 0 atom stereocenters. The zero-order chi connectivity index (χ0) is 15.9. The number of piperidine rings is 1. The van der Waals surface area contributed by atoms with E-state index in [-0.39, 0.29) is 0 Å². The van der Waals surface area contributed by atoms with Crippen LogP contribution in [-0.4, -0.2) is 63.3 Å². The van der Waals surface area contributed by atoms with Gasteiger partial charge in [0.25, 0.3) is 0 Å². The van der Waals surface area contributed by atoms with E-state index in [0.29, 0.717) is 0 Å². The van der Waals surface area contributed by atoms with Gasteiger partial charge in [-0.25, -0.2) is 0 Å². The molecule has 0 aromatic carbocycles. The van der Waals surface area contributed by atoms with Gasteiger partial charge in [0, 0.05) is 26.2 Å². The monoisotopic (exact) mass is 312 g/mol. The summed E-state index contributed by atoms with van der Waals surface area (Å²) >= 11 is 0. The van der Waals surface area contributed by atoms with Gasteiger partial charge in [-0.3, -0.25) is 4.99 Å². The second kappa shape index (κ2) is 13.8. The third-order valence-electron chi connectivity index (χ3n) is 3.94. The predicted molar refractivity (Wildman–Crippen MR) is 94.6 cm³/mol. The fourth-order valence-corrected chi connectivity index (χ4v) is 2.73. The van der Waals surface area contributed by atoms with Crippen LogP contribution in [0, 0.1) is 0 Å². The molecule has 0 aromatic heterocycles. The third kappa shape index (κ3) is 10.0. The van der Waals surface area contributed by atoms with Gasteiger partial charge in [0.2, 0.25) is 0 Å². The highest BCUT2D eigenvalue weighted by Crippen LogP contribution is 2.09. The van der Waals surface area contributed by atoms with Gasteiger partial charge in [0.05, 0.1) is 6.61 Å². The highest BCUT2D eigenvalue weighted by molar-refractivity contribution is 5.79. The zero-order valence-electron chi connectivity index (χ0n) is 14.7. The molecule has 0 spiro atoms. The van der Waals surface area contributed by atoms with Crippen LogP contribution < -0.4 is 10.6 Å². The number of guanidine groups is 1. The third-order valence-corrected chi connectivity index (χ3v) is 3.94. The van der Waals surface area contributed by atoms with Crippen LogP contribution in [-0.2, 0) is 4.74 Å². The van der Waals surface area contributed by atoms with Gasteiger partial charge in [-0.1, -0.05) is 12.8 Å². The van der Waals surface area contributed by atoms with Crippen molar-refractivity contribution in [1.82, 2.24) is 15.5 Å². The molecule has 1 fully saturated rings. The summed E-state index contributed by atoms with van der Waals surface area (Å²) in [5, 5.41) is 6.58. The molecule has 1 rings (SSSR count). The predicted octanol–water partition coefficient (Wildman–Crippen LogP) is 2.23. The van der Waals surface area contributed by atoms with E-state index in [1.165, 1.54) is 58.2 Å². The molecule has 0 bridgehead atoms. The van der Waals surface area contributed by atoms with Crippen LogP contribution >= 0.6 is 0 Å². The largest absolute Gasteiger partial charge is 0.380 e. The van der Waals surface area contributed by atoms with Crippen LogP contribution in [0.5, 0.6) is 0 Å². The van der Waals surface area contributed by atoms with Crippen LogP contribution in [0.3, 0.4) is 0 Å². The van der Waals surface area contributed by atoms with Crippen LogP contribution in [0.15, 0.2) is 4.99 Å². The lowest BCUT2D eigenvalue weighted by Crippen LogP contribution is -2.39. The number of hydrogen-bond acceptors (Lipinski definition) is 3.